The van der Waals surface area contributed by atoms with Gasteiger partial charge in [0.2, 0.25) is 0 Å². The molecule has 0 radical (unpaired) electrons. The first-order valence-corrected chi connectivity index (χ1v) is 7.50. The number of hydrogen-bond acceptors (Lipinski definition) is 6. The number of thioether (sulfide) groups is 1. The first-order chi connectivity index (χ1) is 10.4. The van der Waals surface area contributed by atoms with Gasteiger partial charge in [-0.05, 0) is 12.5 Å². The zero-order chi connectivity index (χ0) is 16.3. The predicted octanol–water partition coefficient (Wildman–Crippen LogP) is 2.50. The van der Waals surface area contributed by atoms with E-state index in [-0.39, 0.29) is 16.3 Å². The normalized spacial score (nSPS) is 13.9. The number of nitrogens with zero attached hydrogens (tertiary/aromatic N) is 1. The Bertz CT molecular complexity index is 689. The number of hydrogen-bond donors (Lipinski definition) is 1. The molecule has 2 rings (SSSR count). The maximum atomic E-state index is 12.2. The molecule has 0 saturated heterocycles. The maximum Gasteiger partial charge on any atom is 0.346 e. The average Bonchev–Trinajstić information content (AvgIpc) is 2.94. The van der Waals surface area contributed by atoms with Gasteiger partial charge in [-0.1, -0.05) is 11.6 Å². The number of amides is 1. The summed E-state index contributed by atoms with van der Waals surface area (Å²) in [6, 6.07) is 3.59. The van der Waals surface area contributed by atoms with Crippen molar-refractivity contribution >= 4 is 40.9 Å². The third-order valence-electron chi connectivity index (χ3n) is 2.91. The fourth-order valence-electron chi connectivity index (χ4n) is 1.86. The third-order valence-corrected chi connectivity index (χ3v) is 4.35. The Morgan fingerprint density at radius 2 is 2.18 bits per heavy atom. The lowest BCUT2D eigenvalue weighted by Crippen LogP contribution is -2.24. The molecule has 1 aromatic rings. The number of esters is 1. The van der Waals surface area contributed by atoms with Crippen LogP contribution in [0.5, 0.6) is 0 Å². The van der Waals surface area contributed by atoms with Gasteiger partial charge in [0.1, 0.15) is 4.91 Å². The molecule has 0 atom stereocenters. The summed E-state index contributed by atoms with van der Waals surface area (Å²) in [6.07, 6.45) is 0.493. The maximum absolute atomic E-state index is 12.2. The zero-order valence-electron chi connectivity index (χ0n) is 11.4. The number of carbonyl (C=O) groups excluding carboxylic acids is 2. The molecule has 1 heterocycles. The van der Waals surface area contributed by atoms with Gasteiger partial charge >= 0.3 is 5.97 Å². The summed E-state index contributed by atoms with van der Waals surface area (Å²) in [5.41, 5.74) is 0.173. The highest BCUT2D eigenvalue weighted by Gasteiger charge is 2.25. The van der Waals surface area contributed by atoms with Gasteiger partial charge in [-0.25, -0.2) is 4.79 Å². The quantitative estimate of drug-likeness (QED) is 0.513. The summed E-state index contributed by atoms with van der Waals surface area (Å²) in [6.45, 7) is 0. The van der Waals surface area contributed by atoms with Crippen LogP contribution in [-0.2, 0) is 9.53 Å². The van der Waals surface area contributed by atoms with Crippen LogP contribution in [0.15, 0.2) is 28.8 Å². The van der Waals surface area contributed by atoms with Crippen LogP contribution in [0, 0.1) is 10.1 Å². The van der Waals surface area contributed by atoms with Crippen molar-refractivity contribution in [2.24, 2.45) is 0 Å². The lowest BCUT2D eigenvalue weighted by atomic mass is 10.1. The summed E-state index contributed by atoms with van der Waals surface area (Å²) >= 11 is 7.19. The van der Waals surface area contributed by atoms with E-state index in [4.69, 9.17) is 11.6 Å². The smallest absolute Gasteiger partial charge is 0.346 e. The number of allylic oxidation sites excluding steroid dienone is 1. The number of ether oxygens (including phenoxy) is 1. The molecule has 1 aliphatic rings. The number of halogens is 1. The van der Waals surface area contributed by atoms with E-state index in [0.717, 1.165) is 6.07 Å². The Morgan fingerprint density at radius 3 is 2.82 bits per heavy atom. The average molecular weight is 343 g/mol. The van der Waals surface area contributed by atoms with Crippen molar-refractivity contribution in [3.8, 4) is 0 Å². The van der Waals surface area contributed by atoms with Crippen LogP contribution in [0.3, 0.4) is 0 Å². The number of methoxy groups -OCH3 is 1. The van der Waals surface area contributed by atoms with Crippen LogP contribution in [0.2, 0.25) is 5.02 Å². The van der Waals surface area contributed by atoms with Crippen molar-refractivity contribution in [3.63, 3.8) is 0 Å². The number of nitrogens with one attached hydrogen (secondary N) is 1. The summed E-state index contributed by atoms with van der Waals surface area (Å²) in [4.78, 5) is 34.3. The van der Waals surface area contributed by atoms with Crippen molar-refractivity contribution < 1.29 is 19.2 Å². The van der Waals surface area contributed by atoms with E-state index < -0.39 is 16.8 Å². The minimum absolute atomic E-state index is 0.0236. The molecule has 0 fully saturated rings. The second-order valence-corrected chi connectivity index (χ2v) is 5.79. The van der Waals surface area contributed by atoms with Crippen LogP contribution in [0.1, 0.15) is 16.8 Å². The molecule has 0 aliphatic carbocycles. The van der Waals surface area contributed by atoms with Crippen molar-refractivity contribution in [1.29, 1.82) is 0 Å². The van der Waals surface area contributed by atoms with Gasteiger partial charge in [0.15, 0.2) is 0 Å². The number of non-ortho nitro benzene ring substituents is 1. The van der Waals surface area contributed by atoms with E-state index in [2.05, 4.69) is 10.1 Å². The summed E-state index contributed by atoms with van der Waals surface area (Å²) in [5.74, 6) is -0.488. The first-order valence-electron chi connectivity index (χ1n) is 6.13. The van der Waals surface area contributed by atoms with Gasteiger partial charge < -0.3 is 10.1 Å². The monoisotopic (exact) mass is 342 g/mol. The Hall–Kier alpha value is -2.06. The van der Waals surface area contributed by atoms with Crippen LogP contribution >= 0.6 is 23.4 Å². The Labute approximate surface area is 134 Å². The third kappa shape index (κ3) is 3.40. The van der Waals surface area contributed by atoms with Crippen molar-refractivity contribution in [2.75, 3.05) is 12.9 Å². The van der Waals surface area contributed by atoms with E-state index in [1.165, 1.54) is 31.0 Å². The molecular weight excluding hydrogens is 332 g/mol. The number of carbonyl (C=O) groups is 2. The van der Waals surface area contributed by atoms with Crippen LogP contribution in [0.25, 0.3) is 0 Å². The first kappa shape index (κ1) is 16.3. The number of rotatable bonds is 4. The SMILES string of the molecule is COC(=O)C1=C(NC(=O)c2cc([N+](=O)[O-])ccc2Cl)CCS1. The van der Waals surface area contributed by atoms with Crippen LogP contribution < -0.4 is 5.32 Å². The second-order valence-electron chi connectivity index (χ2n) is 4.27. The Kier molecular flexibility index (Phi) is 5.04. The summed E-state index contributed by atoms with van der Waals surface area (Å²) in [7, 11) is 1.26. The Balaban J connectivity index is 2.28. The van der Waals surface area contributed by atoms with Crippen molar-refractivity contribution in [1.82, 2.24) is 5.32 Å². The number of benzene rings is 1. The van der Waals surface area contributed by atoms with Crippen LogP contribution in [0.4, 0.5) is 5.69 Å². The van der Waals surface area contributed by atoms with E-state index in [1.807, 2.05) is 0 Å². The highest BCUT2D eigenvalue weighted by molar-refractivity contribution is 8.04. The molecule has 0 unspecified atom stereocenters. The molecule has 1 aliphatic heterocycles. The van der Waals surface area contributed by atoms with Crippen LogP contribution in [-0.4, -0.2) is 29.7 Å². The molecule has 0 saturated carbocycles. The topological polar surface area (TPSA) is 98.5 Å². The second kappa shape index (κ2) is 6.80. The predicted molar refractivity (Wildman–Crippen MR) is 81.7 cm³/mol. The molecule has 1 N–H and O–H groups in total. The molecule has 22 heavy (non-hydrogen) atoms. The highest BCUT2D eigenvalue weighted by atomic mass is 35.5. The Morgan fingerprint density at radius 1 is 1.45 bits per heavy atom. The zero-order valence-corrected chi connectivity index (χ0v) is 13.0. The van der Waals surface area contributed by atoms with Gasteiger partial charge in [0.05, 0.1) is 22.6 Å². The minimum Gasteiger partial charge on any atom is -0.465 e. The molecular formula is C13H11ClN2O5S. The molecule has 0 aromatic heterocycles. The highest BCUT2D eigenvalue weighted by Crippen LogP contribution is 2.31. The van der Waals surface area contributed by atoms with Gasteiger partial charge in [-0.2, -0.15) is 0 Å². The van der Waals surface area contributed by atoms with E-state index in [0.29, 0.717) is 22.8 Å². The fourth-order valence-corrected chi connectivity index (χ4v) is 3.10. The van der Waals surface area contributed by atoms with Gasteiger partial charge in [-0.3, -0.25) is 14.9 Å². The molecule has 0 spiro atoms. The van der Waals surface area contributed by atoms with Gasteiger partial charge in [0, 0.05) is 23.6 Å². The van der Waals surface area contributed by atoms with E-state index in [9.17, 15) is 19.7 Å². The number of nitro groups is 1. The molecule has 116 valence electrons. The lowest BCUT2D eigenvalue weighted by molar-refractivity contribution is -0.384. The van der Waals surface area contributed by atoms with Crippen molar-refractivity contribution in [3.05, 3.63) is 49.5 Å². The molecule has 0 bridgehead atoms. The largest absolute Gasteiger partial charge is 0.465 e. The minimum atomic E-state index is -0.613. The summed E-state index contributed by atoms with van der Waals surface area (Å²) < 4.78 is 4.64. The van der Waals surface area contributed by atoms with Crippen molar-refractivity contribution in [2.45, 2.75) is 6.42 Å². The molecule has 1 aromatic carbocycles. The standard InChI is InChI=1S/C13H11ClN2O5S/c1-21-13(18)11-10(4-5-22-11)15-12(17)8-6-7(16(19)20)2-3-9(8)14/h2-3,6H,4-5H2,1H3,(H,15,17). The molecule has 7 nitrogen and oxygen atoms in total. The van der Waals surface area contributed by atoms with Gasteiger partial charge in [0.25, 0.3) is 11.6 Å². The molecule has 9 heteroatoms. The van der Waals surface area contributed by atoms with Gasteiger partial charge in [-0.15, -0.1) is 11.8 Å². The van der Waals surface area contributed by atoms with E-state index >= 15 is 0 Å². The lowest BCUT2D eigenvalue weighted by Gasteiger charge is -2.09. The number of nitro benzene ring substituents is 1. The molecule has 1 amide bonds. The van der Waals surface area contributed by atoms with E-state index in [1.54, 1.807) is 0 Å². The summed E-state index contributed by atoms with van der Waals surface area (Å²) in [5, 5.41) is 13.4. The fraction of sp³-hybridized carbons (Fsp3) is 0.231.